The van der Waals surface area contributed by atoms with Gasteiger partial charge in [-0.15, -0.1) is 0 Å². The van der Waals surface area contributed by atoms with Gasteiger partial charge in [-0.05, 0) is 68.7 Å². The van der Waals surface area contributed by atoms with Gasteiger partial charge in [-0.1, -0.05) is 18.3 Å². The van der Waals surface area contributed by atoms with E-state index >= 15 is 0 Å². The van der Waals surface area contributed by atoms with E-state index in [0.717, 1.165) is 24.8 Å². The molecule has 1 aliphatic heterocycles. The van der Waals surface area contributed by atoms with Crippen LogP contribution in [0.4, 0.5) is 24.5 Å². The van der Waals surface area contributed by atoms with Gasteiger partial charge in [0.15, 0.2) is 0 Å². The normalized spacial score (nSPS) is 18.5. The molecule has 198 valence electrons. The van der Waals surface area contributed by atoms with E-state index in [1.165, 1.54) is 30.1 Å². The first-order chi connectivity index (χ1) is 17.7. The van der Waals surface area contributed by atoms with Crippen LogP contribution in [0.5, 0.6) is 5.75 Å². The lowest BCUT2D eigenvalue weighted by molar-refractivity contribution is -0.138. The van der Waals surface area contributed by atoms with Crippen molar-refractivity contribution in [1.82, 2.24) is 10.2 Å². The Morgan fingerprint density at radius 3 is 2.73 bits per heavy atom. The van der Waals surface area contributed by atoms with E-state index in [0.29, 0.717) is 36.5 Å². The van der Waals surface area contributed by atoms with Crippen molar-refractivity contribution in [2.45, 2.75) is 44.9 Å². The molecule has 1 saturated carbocycles. The zero-order valence-corrected chi connectivity index (χ0v) is 21.4. The highest BCUT2D eigenvalue weighted by molar-refractivity contribution is 8.10. The maximum atomic E-state index is 14.5. The number of aromatic nitrogens is 2. The molecule has 7 nitrogen and oxygen atoms in total. The van der Waals surface area contributed by atoms with Gasteiger partial charge >= 0.3 is 6.18 Å². The second kappa shape index (κ2) is 11.6. The Labute approximate surface area is 218 Å². The van der Waals surface area contributed by atoms with Crippen molar-refractivity contribution < 1.29 is 22.7 Å². The number of rotatable bonds is 9. The lowest BCUT2D eigenvalue weighted by Crippen LogP contribution is -2.40. The molecule has 3 N–H and O–H groups in total. The lowest BCUT2D eigenvalue weighted by Gasteiger charge is -2.37. The fourth-order valence-electron chi connectivity index (χ4n) is 4.16. The monoisotopic (exact) mass is 533 g/mol. The number of hydrogen-bond donors (Lipinski definition) is 2. The molecule has 1 atom stereocenters. The van der Waals surface area contributed by atoms with E-state index in [1.54, 1.807) is 29.5 Å². The van der Waals surface area contributed by atoms with E-state index < -0.39 is 17.6 Å². The number of halogens is 3. The second-order valence-corrected chi connectivity index (χ2v) is 10.2. The van der Waals surface area contributed by atoms with Crippen LogP contribution in [0.1, 0.15) is 43.7 Å². The van der Waals surface area contributed by atoms with E-state index in [4.69, 9.17) is 10.5 Å². The maximum Gasteiger partial charge on any atom is 0.422 e. The summed E-state index contributed by atoms with van der Waals surface area (Å²) in [5, 5.41) is 11.9. The highest BCUT2D eigenvalue weighted by Gasteiger charge is 2.42. The number of carbonyl (C=O) groups excluding carboxylic acids is 1. The third kappa shape index (κ3) is 6.84. The van der Waals surface area contributed by atoms with Crippen molar-refractivity contribution in [3.8, 4) is 5.75 Å². The molecule has 1 amide bonds. The number of piperidine rings is 1. The Morgan fingerprint density at radius 2 is 2.08 bits per heavy atom. The van der Waals surface area contributed by atoms with Crippen molar-refractivity contribution in [2.24, 2.45) is 11.7 Å². The number of hydrogen-bond acceptors (Lipinski definition) is 7. The number of carbonyl (C=O) groups is 1. The van der Waals surface area contributed by atoms with E-state index in [1.807, 2.05) is 0 Å². The molecule has 11 heteroatoms. The Balaban J connectivity index is 1.64. The number of benzene rings is 1. The molecular weight excluding hydrogens is 503 g/mol. The van der Waals surface area contributed by atoms with Gasteiger partial charge in [0.1, 0.15) is 11.3 Å². The maximum absolute atomic E-state index is 14.5. The highest BCUT2D eigenvalue weighted by Crippen LogP contribution is 2.48. The van der Waals surface area contributed by atoms with Crippen LogP contribution in [-0.4, -0.2) is 41.8 Å². The fraction of sp³-hybridized carbons (Fsp3) is 0.423. The molecule has 0 radical (unpaired) electrons. The van der Waals surface area contributed by atoms with E-state index in [9.17, 15) is 18.0 Å². The molecule has 2 heterocycles. The molecular formula is C26H30F3N5O2S. The average molecular weight is 534 g/mol. The predicted octanol–water partition coefficient (Wildman–Crippen LogP) is 5.46. The second-order valence-electron chi connectivity index (χ2n) is 9.27. The predicted molar refractivity (Wildman–Crippen MR) is 140 cm³/mol. The largest absolute Gasteiger partial charge is 0.490 e. The number of alkyl halides is 3. The summed E-state index contributed by atoms with van der Waals surface area (Å²) >= 11 is 1.23. The molecule has 0 spiro atoms. The summed E-state index contributed by atoms with van der Waals surface area (Å²) < 4.78 is 49.1. The molecule has 37 heavy (non-hydrogen) atoms. The molecule has 2 fully saturated rings. The van der Waals surface area contributed by atoms with Gasteiger partial charge in [-0.25, -0.2) is 0 Å². The van der Waals surface area contributed by atoms with Crippen LogP contribution < -0.4 is 20.7 Å². The molecule has 1 saturated heterocycles. The first-order valence-corrected chi connectivity index (χ1v) is 13.0. The third-order valence-corrected chi connectivity index (χ3v) is 7.29. The van der Waals surface area contributed by atoms with Crippen LogP contribution >= 0.6 is 11.8 Å². The van der Waals surface area contributed by atoms with E-state index in [-0.39, 0.29) is 29.1 Å². The third-order valence-electron chi connectivity index (χ3n) is 6.30. The minimum atomic E-state index is -4.67. The van der Waals surface area contributed by atoms with Gasteiger partial charge in [0.2, 0.25) is 0 Å². The quantitative estimate of drug-likeness (QED) is 0.414. The molecule has 1 aromatic carbocycles. The summed E-state index contributed by atoms with van der Waals surface area (Å²) in [5.74, 6) is -0.646. The molecule has 4 rings (SSSR count). The van der Waals surface area contributed by atoms with Crippen LogP contribution in [0.25, 0.3) is 4.91 Å². The average Bonchev–Trinajstić information content (AvgIpc) is 3.71. The zero-order chi connectivity index (χ0) is 26.6. The smallest absolute Gasteiger partial charge is 0.422 e. The Bertz CT molecular complexity index is 1170. The number of anilines is 2. The number of nitrogens with one attached hydrogen (secondary N) is 1. The van der Waals surface area contributed by atoms with E-state index in [2.05, 4.69) is 22.1 Å². The first kappa shape index (κ1) is 27.0. The standard InChI is InChI=1S/C26H30F3N5O2S/c1-16(15-37-17(2)19-9-10-31-32-13-19)25(35)33-21-7-8-22(36-20-5-6-20)23(26(27,28)29)24(21)34-11-3-4-18(12-30)14-34/h7-10,13,15,18,20H,2-6,11-12,14,30H2,1H3,(H,33,35)/b16-15+/t18-/m0/s1. The topological polar surface area (TPSA) is 93.4 Å². The highest BCUT2D eigenvalue weighted by atomic mass is 32.2. The molecule has 1 aromatic heterocycles. The van der Waals surface area contributed by atoms with Crippen molar-refractivity contribution in [3.63, 3.8) is 0 Å². The SMILES string of the molecule is C=C(S/C=C(\C)C(=O)Nc1ccc(OC2CC2)c(C(F)(F)F)c1N1CCC[C@@H](CN)C1)c1ccnnc1. The summed E-state index contributed by atoms with van der Waals surface area (Å²) in [7, 11) is 0. The number of amides is 1. The molecule has 0 unspecified atom stereocenters. The van der Waals surface area contributed by atoms with Gasteiger partial charge in [-0.2, -0.15) is 23.4 Å². The van der Waals surface area contributed by atoms with Crippen molar-refractivity contribution in [3.05, 3.63) is 59.3 Å². The van der Waals surface area contributed by atoms with Gasteiger partial charge in [0.25, 0.3) is 5.91 Å². The minimum absolute atomic E-state index is 0.0649. The molecule has 0 bridgehead atoms. The molecule has 2 aromatic rings. The minimum Gasteiger partial charge on any atom is -0.490 e. The molecule has 2 aliphatic rings. The Morgan fingerprint density at radius 1 is 1.30 bits per heavy atom. The van der Waals surface area contributed by atoms with Crippen LogP contribution in [-0.2, 0) is 11.0 Å². The summed E-state index contributed by atoms with van der Waals surface area (Å²) in [6, 6.07) is 4.54. The summed E-state index contributed by atoms with van der Waals surface area (Å²) in [6.07, 6.45) is 1.23. The Kier molecular flexibility index (Phi) is 8.43. The Hall–Kier alpha value is -3.05. The number of nitrogens with two attached hydrogens (primary N) is 1. The van der Waals surface area contributed by atoms with Crippen molar-refractivity contribution in [2.75, 3.05) is 29.9 Å². The van der Waals surface area contributed by atoms with Crippen LogP contribution in [0.15, 0.2) is 48.2 Å². The summed E-state index contributed by atoms with van der Waals surface area (Å²) in [4.78, 5) is 15.4. The van der Waals surface area contributed by atoms with Gasteiger partial charge in [-0.3, -0.25) is 4.79 Å². The fourth-order valence-corrected chi connectivity index (χ4v) is 4.84. The summed E-state index contributed by atoms with van der Waals surface area (Å²) in [5.41, 5.74) is 6.11. The van der Waals surface area contributed by atoms with Gasteiger partial charge in [0.05, 0.1) is 29.9 Å². The number of nitrogens with zero attached hydrogens (tertiary/aromatic N) is 3. The van der Waals surface area contributed by atoms with Crippen LogP contribution in [0, 0.1) is 5.92 Å². The zero-order valence-electron chi connectivity index (χ0n) is 20.6. The van der Waals surface area contributed by atoms with Crippen molar-refractivity contribution in [1.29, 1.82) is 0 Å². The number of ether oxygens (including phenoxy) is 1. The lowest BCUT2D eigenvalue weighted by atomic mass is 9.96. The first-order valence-electron chi connectivity index (χ1n) is 12.1. The number of thioether (sulfide) groups is 1. The van der Waals surface area contributed by atoms with Gasteiger partial charge in [0, 0.05) is 29.1 Å². The van der Waals surface area contributed by atoms with Gasteiger partial charge < -0.3 is 20.7 Å². The summed E-state index contributed by atoms with van der Waals surface area (Å²) in [6.45, 7) is 6.76. The van der Waals surface area contributed by atoms with Crippen LogP contribution in [0.3, 0.4) is 0 Å². The van der Waals surface area contributed by atoms with Crippen LogP contribution in [0.2, 0.25) is 0 Å². The van der Waals surface area contributed by atoms with Crippen molar-refractivity contribution >= 4 is 33.9 Å². The molecule has 1 aliphatic carbocycles.